The number of halogens is 2. The fraction of sp³-hybridized carbons (Fsp3) is 0.0968. The van der Waals surface area contributed by atoms with E-state index in [0.717, 1.165) is 44.9 Å². The third kappa shape index (κ3) is 6.24. The van der Waals surface area contributed by atoms with Crippen LogP contribution >= 0.6 is 0 Å². The SMILES string of the molecule is COc1ccc(/C=C(/CC=C(c2ccc(F)cc2)c2ccc(F)cc2)c2ccc(OC)cc2)cc1. The molecule has 0 bridgehead atoms. The zero-order valence-corrected chi connectivity index (χ0v) is 19.7. The van der Waals surface area contributed by atoms with Crippen LogP contribution in [0.4, 0.5) is 8.78 Å². The Morgan fingerprint density at radius 2 is 1.03 bits per heavy atom. The lowest BCUT2D eigenvalue weighted by Gasteiger charge is -2.12. The molecule has 35 heavy (non-hydrogen) atoms. The van der Waals surface area contributed by atoms with Gasteiger partial charge in [0.25, 0.3) is 0 Å². The molecule has 0 spiro atoms. The van der Waals surface area contributed by atoms with Crippen LogP contribution in [0, 0.1) is 11.6 Å². The van der Waals surface area contributed by atoms with E-state index >= 15 is 0 Å². The lowest BCUT2D eigenvalue weighted by Crippen LogP contribution is -1.92. The number of hydrogen-bond donors (Lipinski definition) is 0. The molecule has 2 nitrogen and oxygen atoms in total. The molecule has 4 rings (SSSR count). The third-order valence-electron chi connectivity index (χ3n) is 5.75. The molecule has 0 fully saturated rings. The van der Waals surface area contributed by atoms with Gasteiger partial charge in [0.2, 0.25) is 0 Å². The highest BCUT2D eigenvalue weighted by molar-refractivity contribution is 5.86. The van der Waals surface area contributed by atoms with Gasteiger partial charge in [0.05, 0.1) is 14.2 Å². The second kappa shape index (κ2) is 11.3. The first-order chi connectivity index (χ1) is 17.1. The van der Waals surface area contributed by atoms with Gasteiger partial charge in [-0.05, 0) is 88.4 Å². The molecule has 176 valence electrons. The summed E-state index contributed by atoms with van der Waals surface area (Å²) in [6.45, 7) is 0. The van der Waals surface area contributed by atoms with Crippen LogP contribution in [0.5, 0.6) is 11.5 Å². The van der Waals surface area contributed by atoms with E-state index in [1.54, 1.807) is 38.5 Å². The molecule has 4 aromatic carbocycles. The average molecular weight is 469 g/mol. The van der Waals surface area contributed by atoms with Crippen LogP contribution in [0.3, 0.4) is 0 Å². The molecule has 0 atom stereocenters. The van der Waals surface area contributed by atoms with Crippen molar-refractivity contribution in [2.45, 2.75) is 6.42 Å². The summed E-state index contributed by atoms with van der Waals surface area (Å²) in [5.41, 5.74) is 5.79. The number of benzene rings is 4. The zero-order valence-electron chi connectivity index (χ0n) is 19.7. The van der Waals surface area contributed by atoms with Crippen molar-refractivity contribution in [2.75, 3.05) is 14.2 Å². The smallest absolute Gasteiger partial charge is 0.123 e. The first kappa shape index (κ1) is 24.0. The van der Waals surface area contributed by atoms with Gasteiger partial charge in [-0.2, -0.15) is 0 Å². The monoisotopic (exact) mass is 468 g/mol. The third-order valence-corrected chi connectivity index (χ3v) is 5.75. The molecule has 0 heterocycles. The Morgan fingerprint density at radius 1 is 0.600 bits per heavy atom. The topological polar surface area (TPSA) is 18.5 Å². The van der Waals surface area contributed by atoms with Crippen molar-refractivity contribution in [3.05, 3.63) is 137 Å². The van der Waals surface area contributed by atoms with E-state index in [0.29, 0.717) is 6.42 Å². The molecule has 0 aliphatic heterocycles. The summed E-state index contributed by atoms with van der Waals surface area (Å²) in [4.78, 5) is 0. The highest BCUT2D eigenvalue weighted by atomic mass is 19.1. The van der Waals surface area contributed by atoms with Gasteiger partial charge in [-0.15, -0.1) is 0 Å². The van der Waals surface area contributed by atoms with Gasteiger partial charge in [-0.3, -0.25) is 0 Å². The first-order valence-electron chi connectivity index (χ1n) is 11.3. The van der Waals surface area contributed by atoms with E-state index < -0.39 is 0 Å². The molecule has 0 aromatic heterocycles. The lowest BCUT2D eigenvalue weighted by atomic mass is 9.93. The molecule has 0 saturated carbocycles. The molecular weight excluding hydrogens is 442 g/mol. The molecule has 0 radical (unpaired) electrons. The van der Waals surface area contributed by atoms with Crippen molar-refractivity contribution in [3.63, 3.8) is 0 Å². The number of allylic oxidation sites excluding steroid dienone is 2. The van der Waals surface area contributed by atoms with Crippen LogP contribution in [-0.4, -0.2) is 14.2 Å². The first-order valence-corrected chi connectivity index (χ1v) is 11.3. The molecule has 0 saturated heterocycles. The van der Waals surface area contributed by atoms with E-state index in [1.807, 2.05) is 48.5 Å². The molecular formula is C31H26F2O2. The Bertz CT molecular complexity index is 1260. The van der Waals surface area contributed by atoms with Gasteiger partial charge in [-0.1, -0.05) is 60.7 Å². The van der Waals surface area contributed by atoms with Crippen molar-refractivity contribution in [1.29, 1.82) is 0 Å². The summed E-state index contributed by atoms with van der Waals surface area (Å²) >= 11 is 0. The molecule has 0 unspecified atom stereocenters. The van der Waals surface area contributed by atoms with Gasteiger partial charge >= 0.3 is 0 Å². The standard InChI is InChI=1S/C31H26F2O2/c1-34-29-16-3-22(4-17-29)21-26(23-9-18-30(35-2)19-10-23)11-20-31(24-5-12-27(32)13-6-24)25-7-14-28(33)15-8-25/h3-10,12-21H,11H2,1-2H3/b26-21-. The molecule has 4 aromatic rings. The summed E-state index contributed by atoms with van der Waals surface area (Å²) in [5.74, 6) is 0.977. The number of hydrogen-bond acceptors (Lipinski definition) is 2. The predicted octanol–water partition coefficient (Wildman–Crippen LogP) is 8.04. The van der Waals surface area contributed by atoms with E-state index in [9.17, 15) is 8.78 Å². The lowest BCUT2D eigenvalue weighted by molar-refractivity contribution is 0.414. The number of rotatable bonds is 8. The van der Waals surface area contributed by atoms with Crippen molar-refractivity contribution >= 4 is 17.2 Å². The zero-order chi connectivity index (χ0) is 24.6. The van der Waals surface area contributed by atoms with Crippen molar-refractivity contribution in [3.8, 4) is 11.5 Å². The van der Waals surface area contributed by atoms with Crippen LogP contribution in [0.25, 0.3) is 17.2 Å². The van der Waals surface area contributed by atoms with Gasteiger partial charge in [0.1, 0.15) is 23.1 Å². The Labute approximate surface area is 204 Å². The van der Waals surface area contributed by atoms with Gasteiger partial charge in [0, 0.05) is 0 Å². The van der Waals surface area contributed by atoms with E-state index in [1.165, 1.54) is 24.3 Å². The number of ether oxygens (including phenoxy) is 2. The minimum absolute atomic E-state index is 0.300. The van der Waals surface area contributed by atoms with Gasteiger partial charge in [-0.25, -0.2) is 8.78 Å². The van der Waals surface area contributed by atoms with Crippen LogP contribution < -0.4 is 9.47 Å². The summed E-state index contributed by atoms with van der Waals surface area (Å²) in [5, 5.41) is 0. The maximum Gasteiger partial charge on any atom is 0.123 e. The minimum Gasteiger partial charge on any atom is -0.497 e. The highest BCUT2D eigenvalue weighted by Crippen LogP contribution is 2.30. The summed E-state index contributed by atoms with van der Waals surface area (Å²) in [6, 6.07) is 28.5. The summed E-state index contributed by atoms with van der Waals surface area (Å²) in [6.07, 6.45) is 4.83. The van der Waals surface area contributed by atoms with Crippen LogP contribution in [0.1, 0.15) is 28.7 Å². The predicted molar refractivity (Wildman–Crippen MR) is 138 cm³/mol. The van der Waals surface area contributed by atoms with Crippen molar-refractivity contribution in [1.82, 2.24) is 0 Å². The minimum atomic E-state index is -0.300. The van der Waals surface area contributed by atoms with Crippen molar-refractivity contribution < 1.29 is 18.3 Å². The summed E-state index contributed by atoms with van der Waals surface area (Å²) < 4.78 is 37.8. The average Bonchev–Trinajstić information content (AvgIpc) is 2.90. The Balaban J connectivity index is 1.76. The normalized spacial score (nSPS) is 11.1. The van der Waals surface area contributed by atoms with E-state index in [2.05, 4.69) is 12.2 Å². The van der Waals surface area contributed by atoms with Crippen LogP contribution in [0.2, 0.25) is 0 Å². The maximum absolute atomic E-state index is 13.6. The maximum atomic E-state index is 13.6. The molecule has 4 heteroatoms. The van der Waals surface area contributed by atoms with Gasteiger partial charge in [0.15, 0.2) is 0 Å². The second-order valence-corrected chi connectivity index (χ2v) is 8.01. The molecule has 0 amide bonds. The largest absolute Gasteiger partial charge is 0.497 e. The van der Waals surface area contributed by atoms with Crippen molar-refractivity contribution in [2.24, 2.45) is 0 Å². The fourth-order valence-corrected chi connectivity index (χ4v) is 3.84. The molecule has 0 aliphatic carbocycles. The van der Waals surface area contributed by atoms with Gasteiger partial charge < -0.3 is 9.47 Å². The molecule has 0 N–H and O–H groups in total. The Morgan fingerprint density at radius 3 is 1.49 bits per heavy atom. The molecule has 0 aliphatic rings. The fourth-order valence-electron chi connectivity index (χ4n) is 3.84. The van der Waals surface area contributed by atoms with Crippen LogP contribution in [-0.2, 0) is 0 Å². The summed E-state index contributed by atoms with van der Waals surface area (Å²) in [7, 11) is 3.29. The van der Waals surface area contributed by atoms with E-state index in [-0.39, 0.29) is 11.6 Å². The quantitative estimate of drug-likeness (QED) is 0.244. The Kier molecular flexibility index (Phi) is 7.74. The van der Waals surface area contributed by atoms with Crippen LogP contribution in [0.15, 0.2) is 103 Å². The second-order valence-electron chi connectivity index (χ2n) is 8.01. The Hall–Kier alpha value is -4.18. The highest BCUT2D eigenvalue weighted by Gasteiger charge is 2.09. The number of methoxy groups -OCH3 is 2. The van der Waals surface area contributed by atoms with E-state index in [4.69, 9.17) is 9.47 Å².